The van der Waals surface area contributed by atoms with E-state index in [1.807, 2.05) is 30.3 Å². The summed E-state index contributed by atoms with van der Waals surface area (Å²) in [5.74, 6) is 1.38. The molecule has 1 aromatic heterocycles. The lowest BCUT2D eigenvalue weighted by atomic mass is 9.86. The largest absolute Gasteiger partial charge is 0.437 e. The second-order valence-corrected chi connectivity index (χ2v) is 9.87. The van der Waals surface area contributed by atoms with Crippen LogP contribution < -0.4 is 15.4 Å². The van der Waals surface area contributed by atoms with Gasteiger partial charge in [-0.3, -0.25) is 0 Å². The van der Waals surface area contributed by atoms with E-state index in [1.54, 1.807) is 29.7 Å². The quantitative estimate of drug-likeness (QED) is 0.491. The van der Waals surface area contributed by atoms with E-state index in [1.165, 1.54) is 9.79 Å². The fourth-order valence-electron chi connectivity index (χ4n) is 3.49. The molecule has 2 N–H and O–H groups in total. The van der Waals surface area contributed by atoms with Gasteiger partial charge in [0, 0.05) is 21.6 Å². The lowest BCUT2D eigenvalue weighted by Gasteiger charge is -2.27. The predicted octanol–water partition coefficient (Wildman–Crippen LogP) is 6.38. The Morgan fingerprint density at radius 2 is 1.86 bits per heavy atom. The van der Waals surface area contributed by atoms with Crippen molar-refractivity contribution < 1.29 is 4.74 Å². The van der Waals surface area contributed by atoms with Crippen molar-refractivity contribution in [3.63, 3.8) is 0 Å². The second-order valence-electron chi connectivity index (χ2n) is 7.86. The van der Waals surface area contributed by atoms with Gasteiger partial charge in [-0.2, -0.15) is 0 Å². The van der Waals surface area contributed by atoms with E-state index in [0.717, 1.165) is 22.7 Å². The molecule has 1 unspecified atom stereocenters. The minimum atomic E-state index is -0.234. The first kappa shape index (κ1) is 20.1. The van der Waals surface area contributed by atoms with Crippen molar-refractivity contribution in [1.29, 1.82) is 0 Å². The zero-order valence-electron chi connectivity index (χ0n) is 17.0. The fourth-order valence-corrected chi connectivity index (χ4v) is 5.23. The van der Waals surface area contributed by atoms with Crippen molar-refractivity contribution in [2.45, 2.75) is 41.5 Å². The predicted molar refractivity (Wildman–Crippen MR) is 124 cm³/mol. The van der Waals surface area contributed by atoms with Gasteiger partial charge in [-0.15, -0.1) is 11.8 Å². The van der Waals surface area contributed by atoms with Crippen LogP contribution in [0, 0.1) is 0 Å². The van der Waals surface area contributed by atoms with Gasteiger partial charge >= 0.3 is 0 Å². The third-order valence-corrected chi connectivity index (χ3v) is 6.64. The van der Waals surface area contributed by atoms with Gasteiger partial charge in [-0.1, -0.05) is 56.8 Å². The molecule has 0 amide bonds. The zero-order chi connectivity index (χ0) is 20.6. The summed E-state index contributed by atoms with van der Waals surface area (Å²) >= 11 is 3.37. The van der Waals surface area contributed by atoms with Crippen molar-refractivity contribution in [2.75, 3.05) is 11.2 Å². The summed E-state index contributed by atoms with van der Waals surface area (Å²) in [5.41, 5.74) is 9.41. The van der Waals surface area contributed by atoms with Gasteiger partial charge < -0.3 is 15.4 Å². The molecule has 2 heterocycles. The number of pyridine rings is 1. The number of para-hydroxylation sites is 2. The van der Waals surface area contributed by atoms with Gasteiger partial charge in [0.15, 0.2) is 0 Å². The van der Waals surface area contributed by atoms with Gasteiger partial charge in [-0.05, 0) is 42.0 Å². The third-order valence-electron chi connectivity index (χ3n) is 4.84. The number of anilines is 2. The van der Waals surface area contributed by atoms with Crippen LogP contribution in [-0.2, 0) is 5.41 Å². The van der Waals surface area contributed by atoms with E-state index in [4.69, 9.17) is 10.5 Å². The monoisotopic (exact) mass is 423 g/mol. The minimum Gasteiger partial charge on any atom is -0.437 e. The van der Waals surface area contributed by atoms with Crippen molar-refractivity contribution in [3.05, 3.63) is 66.4 Å². The lowest BCUT2D eigenvalue weighted by Crippen LogP contribution is -2.32. The molecule has 1 aliphatic rings. The summed E-state index contributed by atoms with van der Waals surface area (Å²) < 4.78 is 6.39. The molecule has 0 saturated carbocycles. The van der Waals surface area contributed by atoms with Crippen LogP contribution in [0.25, 0.3) is 0 Å². The van der Waals surface area contributed by atoms with E-state index in [2.05, 4.69) is 61.2 Å². The third kappa shape index (κ3) is 3.84. The number of ether oxygens (including phenoxy) is 1. The number of aromatic nitrogens is 1. The molecule has 0 aliphatic carbocycles. The van der Waals surface area contributed by atoms with E-state index in [-0.39, 0.29) is 10.9 Å². The van der Waals surface area contributed by atoms with E-state index in [9.17, 15) is 0 Å². The molecule has 2 aromatic carbocycles. The number of fused-ring (bicyclic) bond motifs is 1. The van der Waals surface area contributed by atoms with Crippen molar-refractivity contribution in [2.24, 2.45) is 5.73 Å². The molecule has 6 heteroatoms. The normalized spacial score (nSPS) is 16.0. The van der Waals surface area contributed by atoms with Crippen molar-refractivity contribution in [1.82, 2.24) is 4.98 Å². The summed E-state index contributed by atoms with van der Waals surface area (Å²) in [6.45, 7) is 6.55. The Morgan fingerprint density at radius 3 is 2.62 bits per heavy atom. The molecular weight excluding hydrogens is 398 g/mol. The number of nitrogens with zero attached hydrogens (tertiary/aromatic N) is 2. The highest BCUT2D eigenvalue weighted by atomic mass is 32.2. The SMILES string of the molecule is CSc1cccc2c1N(c1cccnc1Oc1ccccc1C(C)(C)C)C(N)S2. The Balaban J connectivity index is 1.80. The maximum absolute atomic E-state index is 6.54. The van der Waals surface area contributed by atoms with Gasteiger partial charge in [0.25, 0.3) is 0 Å². The molecule has 29 heavy (non-hydrogen) atoms. The molecule has 0 fully saturated rings. The summed E-state index contributed by atoms with van der Waals surface area (Å²) in [6.07, 6.45) is 3.84. The molecule has 0 spiro atoms. The number of rotatable bonds is 4. The summed E-state index contributed by atoms with van der Waals surface area (Å²) in [5, 5.41) is 0. The fraction of sp³-hybridized carbons (Fsp3) is 0.261. The summed E-state index contributed by atoms with van der Waals surface area (Å²) in [7, 11) is 0. The van der Waals surface area contributed by atoms with E-state index >= 15 is 0 Å². The first-order chi connectivity index (χ1) is 13.9. The molecule has 0 saturated heterocycles. The van der Waals surface area contributed by atoms with Crippen LogP contribution in [0.1, 0.15) is 26.3 Å². The topological polar surface area (TPSA) is 51.4 Å². The average molecular weight is 424 g/mol. The highest BCUT2D eigenvalue weighted by molar-refractivity contribution is 8.01. The Labute approximate surface area is 180 Å². The molecule has 4 rings (SSSR count). The van der Waals surface area contributed by atoms with Crippen LogP contribution in [0.15, 0.2) is 70.6 Å². The first-order valence-electron chi connectivity index (χ1n) is 9.51. The van der Waals surface area contributed by atoms with Crippen LogP contribution in [0.2, 0.25) is 0 Å². The Kier molecular flexibility index (Phi) is 5.51. The average Bonchev–Trinajstić information content (AvgIpc) is 3.04. The van der Waals surface area contributed by atoms with Crippen LogP contribution in [0.5, 0.6) is 11.6 Å². The smallest absolute Gasteiger partial charge is 0.243 e. The molecule has 4 nitrogen and oxygen atoms in total. The molecule has 150 valence electrons. The second kappa shape index (κ2) is 7.94. The maximum Gasteiger partial charge on any atom is 0.243 e. The Bertz CT molecular complexity index is 1030. The maximum atomic E-state index is 6.54. The van der Waals surface area contributed by atoms with Crippen LogP contribution in [0.4, 0.5) is 11.4 Å². The Morgan fingerprint density at radius 1 is 1.07 bits per heavy atom. The molecule has 0 radical (unpaired) electrons. The number of thioether (sulfide) groups is 2. The molecule has 1 aliphatic heterocycles. The molecular formula is C23H25N3OS2. The van der Waals surface area contributed by atoms with Gasteiger partial charge in [0.05, 0.1) is 5.69 Å². The van der Waals surface area contributed by atoms with Gasteiger partial charge in [0.1, 0.15) is 16.9 Å². The lowest BCUT2D eigenvalue weighted by molar-refractivity contribution is 0.440. The Hall–Kier alpha value is -2.15. The number of hydrogen-bond acceptors (Lipinski definition) is 6. The standard InChI is InChI=1S/C23H25N3OS2/c1-23(2,3)15-9-5-6-11-17(15)27-21-16(10-8-14-25-21)26-20-18(28-4)12-7-13-19(20)29-22(26)24/h5-14,22H,24H2,1-4H3. The van der Waals surface area contributed by atoms with Crippen LogP contribution in [0.3, 0.4) is 0 Å². The highest BCUT2D eigenvalue weighted by Crippen LogP contribution is 2.51. The molecule has 1 atom stereocenters. The summed E-state index contributed by atoms with van der Waals surface area (Å²) in [6, 6.07) is 18.4. The van der Waals surface area contributed by atoms with Crippen molar-refractivity contribution >= 4 is 34.9 Å². The van der Waals surface area contributed by atoms with Crippen molar-refractivity contribution in [3.8, 4) is 11.6 Å². The number of benzene rings is 2. The van der Waals surface area contributed by atoms with E-state index < -0.39 is 0 Å². The van der Waals surface area contributed by atoms with Gasteiger partial charge in [0.2, 0.25) is 5.88 Å². The minimum absolute atomic E-state index is 0.0376. The zero-order valence-corrected chi connectivity index (χ0v) is 18.7. The van der Waals surface area contributed by atoms with E-state index in [0.29, 0.717) is 5.88 Å². The number of hydrogen-bond donors (Lipinski definition) is 1. The highest BCUT2D eigenvalue weighted by Gasteiger charge is 2.33. The molecule has 0 bridgehead atoms. The summed E-state index contributed by atoms with van der Waals surface area (Å²) in [4.78, 5) is 9.06. The van der Waals surface area contributed by atoms with Crippen LogP contribution in [-0.4, -0.2) is 16.7 Å². The first-order valence-corrected chi connectivity index (χ1v) is 11.6. The van der Waals surface area contributed by atoms with Gasteiger partial charge in [-0.25, -0.2) is 4.98 Å². The van der Waals surface area contributed by atoms with Crippen LogP contribution >= 0.6 is 23.5 Å². The number of nitrogens with two attached hydrogens (primary N) is 1. The molecule has 3 aromatic rings.